The molecule has 156 valence electrons. The van der Waals surface area contributed by atoms with Crippen LogP contribution in [0.5, 0.6) is 0 Å². The van der Waals surface area contributed by atoms with Gasteiger partial charge in [-0.05, 0) is 73.7 Å². The third kappa shape index (κ3) is 5.96. The van der Waals surface area contributed by atoms with Crippen molar-refractivity contribution >= 4 is 29.3 Å². The molecule has 0 atom stereocenters. The molecule has 2 fully saturated rings. The fourth-order valence-corrected chi connectivity index (χ4v) is 3.73. The highest BCUT2D eigenvalue weighted by Gasteiger charge is 2.23. The first-order valence-corrected chi connectivity index (χ1v) is 10.9. The van der Waals surface area contributed by atoms with Crippen LogP contribution in [0.2, 0.25) is 0 Å². The fraction of sp³-hybridized carbons (Fsp3) is 0.360. The van der Waals surface area contributed by atoms with Crippen LogP contribution in [-0.4, -0.2) is 23.9 Å². The molecule has 0 radical (unpaired) electrons. The normalized spacial score (nSPS) is 16.9. The van der Waals surface area contributed by atoms with Gasteiger partial charge in [-0.2, -0.15) is 0 Å². The smallest absolute Gasteiger partial charge is 0.251 e. The molecule has 0 aromatic heterocycles. The van der Waals surface area contributed by atoms with E-state index in [9.17, 15) is 9.59 Å². The van der Waals surface area contributed by atoms with E-state index in [1.165, 1.54) is 38.2 Å². The topological polar surface area (TPSA) is 70.2 Å². The molecule has 3 N–H and O–H groups in total. The summed E-state index contributed by atoms with van der Waals surface area (Å²) >= 11 is 0. The van der Waals surface area contributed by atoms with E-state index >= 15 is 0 Å². The van der Waals surface area contributed by atoms with E-state index in [4.69, 9.17) is 0 Å². The first-order valence-electron chi connectivity index (χ1n) is 10.9. The van der Waals surface area contributed by atoms with Crippen LogP contribution >= 0.6 is 0 Å². The second-order valence-corrected chi connectivity index (χ2v) is 8.25. The zero-order valence-electron chi connectivity index (χ0n) is 17.2. The Hall–Kier alpha value is -3.08. The molecule has 0 spiro atoms. The first kappa shape index (κ1) is 20.2. The number of hydrogen-bond acceptors (Lipinski definition) is 3. The molecular formula is C25H29N3O2. The van der Waals surface area contributed by atoms with Gasteiger partial charge in [0.25, 0.3) is 5.91 Å². The number of carbonyl (C=O) groups excluding carboxylic acids is 2. The summed E-state index contributed by atoms with van der Waals surface area (Å²) in [4.78, 5) is 24.2. The Bertz CT molecular complexity index is 893. The lowest BCUT2D eigenvalue weighted by Gasteiger charge is -2.23. The van der Waals surface area contributed by atoms with E-state index in [2.05, 4.69) is 16.0 Å². The predicted molar refractivity (Wildman–Crippen MR) is 122 cm³/mol. The quantitative estimate of drug-likeness (QED) is 0.571. The van der Waals surface area contributed by atoms with Crippen molar-refractivity contribution in [2.24, 2.45) is 0 Å². The number of hydrogen-bond donors (Lipinski definition) is 3. The number of nitrogens with one attached hydrogen (secondary N) is 3. The van der Waals surface area contributed by atoms with Crippen LogP contribution in [-0.2, 0) is 4.79 Å². The number of amides is 2. The molecule has 2 saturated carbocycles. The molecule has 2 aliphatic rings. The summed E-state index contributed by atoms with van der Waals surface area (Å²) in [6, 6.07) is 16.0. The maximum Gasteiger partial charge on any atom is 0.251 e. The van der Waals surface area contributed by atoms with Crippen LogP contribution in [0, 0.1) is 0 Å². The van der Waals surface area contributed by atoms with Crippen molar-refractivity contribution in [3.63, 3.8) is 0 Å². The second kappa shape index (κ2) is 9.61. The lowest BCUT2D eigenvalue weighted by atomic mass is 9.95. The third-order valence-corrected chi connectivity index (χ3v) is 5.64. The van der Waals surface area contributed by atoms with Gasteiger partial charge in [0.2, 0.25) is 5.91 Å². The monoisotopic (exact) mass is 403 g/mol. The predicted octanol–water partition coefficient (Wildman–Crippen LogP) is 4.98. The molecule has 5 nitrogen and oxygen atoms in total. The Balaban J connectivity index is 1.26. The van der Waals surface area contributed by atoms with Gasteiger partial charge in [0.05, 0.1) is 0 Å². The summed E-state index contributed by atoms with van der Waals surface area (Å²) in [5.74, 6) is -0.217. The molecule has 5 heteroatoms. The Labute approximate surface area is 178 Å². The Morgan fingerprint density at radius 3 is 2.10 bits per heavy atom. The van der Waals surface area contributed by atoms with Gasteiger partial charge in [0.15, 0.2) is 0 Å². The molecule has 2 aromatic rings. The van der Waals surface area contributed by atoms with Crippen molar-refractivity contribution in [2.45, 2.75) is 57.0 Å². The van der Waals surface area contributed by atoms with E-state index in [1.54, 1.807) is 18.2 Å². The maximum atomic E-state index is 12.2. The average molecular weight is 404 g/mol. The molecule has 0 unspecified atom stereocenters. The van der Waals surface area contributed by atoms with Gasteiger partial charge in [-0.15, -0.1) is 0 Å². The average Bonchev–Trinajstić information content (AvgIpc) is 3.59. The van der Waals surface area contributed by atoms with Crippen molar-refractivity contribution in [3.05, 3.63) is 65.7 Å². The van der Waals surface area contributed by atoms with Gasteiger partial charge in [0.1, 0.15) is 0 Å². The van der Waals surface area contributed by atoms with E-state index in [0.717, 1.165) is 29.8 Å². The molecule has 0 aliphatic heterocycles. The number of benzene rings is 2. The van der Waals surface area contributed by atoms with Crippen molar-refractivity contribution in [3.8, 4) is 0 Å². The number of carbonyl (C=O) groups is 2. The maximum absolute atomic E-state index is 12.2. The van der Waals surface area contributed by atoms with Crippen molar-refractivity contribution in [2.75, 3.05) is 10.6 Å². The van der Waals surface area contributed by atoms with Crippen LogP contribution in [0.25, 0.3) is 6.08 Å². The van der Waals surface area contributed by atoms with E-state index in [-0.39, 0.29) is 11.8 Å². The molecule has 0 bridgehead atoms. The lowest BCUT2D eigenvalue weighted by molar-refractivity contribution is -0.111. The SMILES string of the molecule is O=C(/C=C/c1ccc(C(=O)NC2CC2)cc1)Nc1ccc(NC2CCCCC2)cc1. The minimum absolute atomic E-state index is 0.0350. The highest BCUT2D eigenvalue weighted by Crippen LogP contribution is 2.23. The summed E-state index contributed by atoms with van der Waals surface area (Å²) in [5.41, 5.74) is 3.39. The summed E-state index contributed by atoms with van der Waals surface area (Å²) in [7, 11) is 0. The molecule has 0 heterocycles. The minimum atomic E-state index is -0.182. The number of anilines is 2. The Kier molecular flexibility index (Phi) is 6.47. The van der Waals surface area contributed by atoms with E-state index in [1.807, 2.05) is 36.4 Å². The Morgan fingerprint density at radius 1 is 0.767 bits per heavy atom. The summed E-state index contributed by atoms with van der Waals surface area (Å²) in [6.45, 7) is 0. The van der Waals surface area contributed by atoms with Gasteiger partial charge in [-0.1, -0.05) is 31.4 Å². The van der Waals surface area contributed by atoms with Crippen LogP contribution in [0.3, 0.4) is 0 Å². The van der Waals surface area contributed by atoms with Gasteiger partial charge in [-0.25, -0.2) is 0 Å². The molecule has 0 saturated heterocycles. The van der Waals surface area contributed by atoms with Crippen molar-refractivity contribution in [1.82, 2.24) is 5.32 Å². The minimum Gasteiger partial charge on any atom is -0.382 e. The van der Waals surface area contributed by atoms with Crippen LogP contribution in [0.4, 0.5) is 11.4 Å². The van der Waals surface area contributed by atoms with Gasteiger partial charge in [-0.3, -0.25) is 9.59 Å². The highest BCUT2D eigenvalue weighted by atomic mass is 16.2. The standard InChI is InChI=1S/C25H29N3O2/c29-24(17-8-18-6-9-19(10-7-18)25(30)28-23-15-16-23)27-22-13-11-21(12-14-22)26-20-4-2-1-3-5-20/h6-14,17,20,23,26H,1-5,15-16H2,(H,27,29)(H,28,30)/b17-8+. The lowest BCUT2D eigenvalue weighted by Crippen LogP contribution is -2.25. The van der Waals surface area contributed by atoms with Crippen molar-refractivity contribution in [1.29, 1.82) is 0 Å². The summed E-state index contributed by atoms with van der Waals surface area (Å²) in [6.07, 6.45) is 11.8. The van der Waals surface area contributed by atoms with Gasteiger partial charge < -0.3 is 16.0 Å². The fourth-order valence-electron chi connectivity index (χ4n) is 3.73. The number of rotatable bonds is 7. The molecule has 2 aromatic carbocycles. The second-order valence-electron chi connectivity index (χ2n) is 8.25. The first-order chi connectivity index (χ1) is 14.7. The molecule has 2 amide bonds. The van der Waals surface area contributed by atoms with Gasteiger partial charge in [0, 0.05) is 35.1 Å². The van der Waals surface area contributed by atoms with Crippen molar-refractivity contribution < 1.29 is 9.59 Å². The molecule has 4 rings (SSSR count). The zero-order valence-corrected chi connectivity index (χ0v) is 17.2. The van der Waals surface area contributed by atoms with E-state index < -0.39 is 0 Å². The van der Waals surface area contributed by atoms with Crippen LogP contribution in [0.1, 0.15) is 60.9 Å². The zero-order chi connectivity index (χ0) is 20.8. The molecule has 2 aliphatic carbocycles. The third-order valence-electron chi connectivity index (χ3n) is 5.64. The summed E-state index contributed by atoms with van der Waals surface area (Å²) in [5, 5.41) is 9.43. The largest absolute Gasteiger partial charge is 0.382 e. The van der Waals surface area contributed by atoms with Gasteiger partial charge >= 0.3 is 0 Å². The molecular weight excluding hydrogens is 374 g/mol. The molecule has 30 heavy (non-hydrogen) atoms. The van der Waals surface area contributed by atoms with E-state index in [0.29, 0.717) is 17.6 Å². The van der Waals surface area contributed by atoms with Crippen LogP contribution in [0.15, 0.2) is 54.6 Å². The highest BCUT2D eigenvalue weighted by molar-refractivity contribution is 6.02. The summed E-state index contributed by atoms with van der Waals surface area (Å²) < 4.78 is 0. The Morgan fingerprint density at radius 2 is 1.43 bits per heavy atom. The van der Waals surface area contributed by atoms with Crippen LogP contribution < -0.4 is 16.0 Å².